The quantitative estimate of drug-likeness (QED) is 0.878. The predicted octanol–water partition coefficient (Wildman–Crippen LogP) is 3.60. The molecule has 136 valence electrons. The third kappa shape index (κ3) is 1.84. The monoisotopic (exact) mass is 370 g/mol. The summed E-state index contributed by atoms with van der Waals surface area (Å²) in [6.07, 6.45) is 1.81. The summed E-state index contributed by atoms with van der Waals surface area (Å²) in [7, 11) is -3.61. The van der Waals surface area contributed by atoms with Crippen LogP contribution in [0.2, 0.25) is 0 Å². The molecule has 3 aliphatic rings. The van der Waals surface area contributed by atoms with E-state index in [4.69, 9.17) is 0 Å². The first-order valence-electron chi connectivity index (χ1n) is 9.03. The van der Waals surface area contributed by atoms with E-state index in [0.29, 0.717) is 28.1 Å². The number of amides is 1. The van der Waals surface area contributed by atoms with Gasteiger partial charge in [-0.1, -0.05) is 32.9 Å². The zero-order valence-corrected chi connectivity index (χ0v) is 16.0. The number of hydrogen-bond acceptors (Lipinski definition) is 3. The summed E-state index contributed by atoms with van der Waals surface area (Å²) in [6.45, 7) is 7.26. The van der Waals surface area contributed by atoms with E-state index in [9.17, 15) is 13.2 Å². The Hall–Kier alpha value is -1.92. The molecule has 5 nitrogen and oxygen atoms in total. The van der Waals surface area contributed by atoms with Gasteiger partial charge in [-0.2, -0.15) is 4.31 Å². The van der Waals surface area contributed by atoms with Gasteiger partial charge in [-0.25, -0.2) is 8.42 Å². The van der Waals surface area contributed by atoms with Crippen molar-refractivity contribution in [2.75, 3.05) is 11.9 Å². The number of piperidine rings is 1. The normalized spacial score (nSPS) is 29.5. The van der Waals surface area contributed by atoms with Crippen LogP contribution in [0.1, 0.15) is 44.0 Å². The second kappa shape index (κ2) is 4.67. The molecule has 2 aliphatic heterocycles. The summed E-state index contributed by atoms with van der Waals surface area (Å²) >= 11 is 0. The lowest BCUT2D eigenvalue weighted by atomic mass is 9.69. The van der Waals surface area contributed by atoms with Crippen molar-refractivity contribution in [1.29, 1.82) is 0 Å². The van der Waals surface area contributed by atoms with Crippen molar-refractivity contribution >= 4 is 32.4 Å². The number of nitrogens with one attached hydrogen (secondary N) is 1. The van der Waals surface area contributed by atoms with Gasteiger partial charge in [-0.15, -0.1) is 0 Å². The van der Waals surface area contributed by atoms with Gasteiger partial charge in [0, 0.05) is 34.6 Å². The van der Waals surface area contributed by atoms with Gasteiger partial charge in [0.15, 0.2) is 0 Å². The van der Waals surface area contributed by atoms with Gasteiger partial charge >= 0.3 is 0 Å². The number of carbonyl (C=O) groups excluding carboxylic acids is 1. The van der Waals surface area contributed by atoms with E-state index in [1.807, 2.05) is 0 Å². The number of sulfonamides is 1. The number of carbonyl (C=O) groups is 1. The molecule has 2 aromatic carbocycles. The van der Waals surface area contributed by atoms with Crippen LogP contribution in [-0.2, 0) is 10.0 Å². The molecule has 2 atom stereocenters. The van der Waals surface area contributed by atoms with E-state index in [1.165, 1.54) is 0 Å². The Labute approximate surface area is 153 Å². The van der Waals surface area contributed by atoms with Crippen molar-refractivity contribution in [3.8, 4) is 0 Å². The Bertz CT molecular complexity index is 1090. The molecular weight excluding hydrogens is 348 g/mol. The number of anilines is 1. The number of benzene rings is 2. The lowest BCUT2D eigenvalue weighted by molar-refractivity contribution is 0.0952. The highest BCUT2D eigenvalue weighted by molar-refractivity contribution is 7.89. The fourth-order valence-electron chi connectivity index (χ4n) is 5.15. The minimum atomic E-state index is -3.61. The molecule has 2 aromatic rings. The standard InChI is InChI=1S/C20H22N2O3S/c1-19(2)9-12-10-20(19,3)11-22(12)26(24,25)16-8-7-15-17-13(16)5-4-6-14(17)18(23)21-15/h4-8,12H,9-11H2,1-3H3,(H,21,23)/t12-,20+/m1/s1. The molecule has 2 heterocycles. The van der Waals surface area contributed by atoms with Gasteiger partial charge in [-0.3, -0.25) is 4.79 Å². The first-order chi connectivity index (χ1) is 12.1. The Kier molecular flexibility index (Phi) is 2.92. The van der Waals surface area contributed by atoms with Crippen LogP contribution in [0.15, 0.2) is 35.2 Å². The summed E-state index contributed by atoms with van der Waals surface area (Å²) < 4.78 is 28.8. The molecule has 2 fully saturated rings. The Morgan fingerprint density at radius 2 is 1.88 bits per heavy atom. The molecular formula is C20H22N2O3S. The van der Waals surface area contributed by atoms with Gasteiger partial charge in [0.1, 0.15) is 0 Å². The average molecular weight is 370 g/mol. The van der Waals surface area contributed by atoms with Crippen molar-refractivity contribution < 1.29 is 13.2 Å². The fraction of sp³-hybridized carbons (Fsp3) is 0.450. The van der Waals surface area contributed by atoms with Crippen molar-refractivity contribution in [3.63, 3.8) is 0 Å². The summed E-state index contributed by atoms with van der Waals surface area (Å²) in [5.74, 6) is -0.172. The molecule has 1 saturated carbocycles. The first kappa shape index (κ1) is 16.3. The highest BCUT2D eigenvalue weighted by atomic mass is 32.2. The van der Waals surface area contributed by atoms with Crippen LogP contribution in [0.25, 0.3) is 10.8 Å². The Balaban J connectivity index is 1.66. The highest BCUT2D eigenvalue weighted by Crippen LogP contribution is 2.60. The second-order valence-corrected chi connectivity index (χ2v) is 10.7. The van der Waals surface area contributed by atoms with Crippen LogP contribution in [-0.4, -0.2) is 31.2 Å². The molecule has 1 aliphatic carbocycles. The zero-order valence-electron chi connectivity index (χ0n) is 15.2. The molecule has 6 heteroatoms. The fourth-order valence-corrected chi connectivity index (χ4v) is 7.09. The molecule has 1 saturated heterocycles. The van der Waals surface area contributed by atoms with Gasteiger partial charge in [0.25, 0.3) is 5.91 Å². The second-order valence-electron chi connectivity index (χ2n) is 8.85. The minimum Gasteiger partial charge on any atom is -0.321 e. The predicted molar refractivity (Wildman–Crippen MR) is 101 cm³/mol. The van der Waals surface area contributed by atoms with Crippen LogP contribution in [0.4, 0.5) is 5.69 Å². The smallest absolute Gasteiger partial charge is 0.256 e. The van der Waals surface area contributed by atoms with Gasteiger partial charge in [0.05, 0.1) is 4.90 Å². The third-order valence-electron chi connectivity index (χ3n) is 7.06. The lowest BCUT2D eigenvalue weighted by Crippen LogP contribution is -2.46. The SMILES string of the molecule is CC1(C)C[C@@H]2C[C@@]1(C)CN2S(=O)(=O)c1ccc2c3c(cccc13)C(=O)N2. The van der Waals surface area contributed by atoms with Crippen molar-refractivity contribution in [3.05, 3.63) is 35.9 Å². The maximum absolute atomic E-state index is 13.5. The molecule has 0 unspecified atom stereocenters. The molecule has 26 heavy (non-hydrogen) atoms. The molecule has 5 rings (SSSR count). The number of rotatable bonds is 2. The Morgan fingerprint density at radius 1 is 1.12 bits per heavy atom. The maximum atomic E-state index is 13.5. The lowest BCUT2D eigenvalue weighted by Gasteiger charge is -2.42. The van der Waals surface area contributed by atoms with E-state index >= 15 is 0 Å². The molecule has 2 bridgehead atoms. The topological polar surface area (TPSA) is 66.5 Å². The highest BCUT2D eigenvalue weighted by Gasteiger charge is 2.60. The Morgan fingerprint density at radius 3 is 2.54 bits per heavy atom. The number of hydrogen-bond donors (Lipinski definition) is 1. The van der Waals surface area contributed by atoms with Crippen LogP contribution in [0, 0.1) is 10.8 Å². The molecule has 0 radical (unpaired) electrons. The number of fused-ring (bicyclic) bond motifs is 2. The van der Waals surface area contributed by atoms with Crippen LogP contribution in [0.3, 0.4) is 0 Å². The van der Waals surface area contributed by atoms with E-state index in [0.717, 1.165) is 18.2 Å². The molecule has 0 spiro atoms. The van der Waals surface area contributed by atoms with Gasteiger partial charge in [0.2, 0.25) is 10.0 Å². The summed E-state index contributed by atoms with van der Waals surface area (Å²) in [4.78, 5) is 12.4. The van der Waals surface area contributed by atoms with E-state index in [1.54, 1.807) is 34.6 Å². The van der Waals surface area contributed by atoms with E-state index < -0.39 is 10.0 Å². The minimum absolute atomic E-state index is 0.0110. The largest absolute Gasteiger partial charge is 0.321 e. The zero-order chi connectivity index (χ0) is 18.5. The van der Waals surface area contributed by atoms with Crippen LogP contribution in [0.5, 0.6) is 0 Å². The number of nitrogens with zero attached hydrogens (tertiary/aromatic N) is 1. The average Bonchev–Trinajstić information content (AvgIpc) is 3.15. The molecule has 1 amide bonds. The molecule has 0 aromatic heterocycles. The summed E-state index contributed by atoms with van der Waals surface area (Å²) in [5, 5.41) is 4.16. The molecule has 1 N–H and O–H groups in total. The van der Waals surface area contributed by atoms with Crippen molar-refractivity contribution in [1.82, 2.24) is 4.31 Å². The first-order valence-corrected chi connectivity index (χ1v) is 10.5. The van der Waals surface area contributed by atoms with Gasteiger partial charge in [-0.05, 0) is 41.9 Å². The van der Waals surface area contributed by atoms with Gasteiger partial charge < -0.3 is 5.32 Å². The maximum Gasteiger partial charge on any atom is 0.256 e. The van der Waals surface area contributed by atoms with E-state index in [-0.39, 0.29) is 22.8 Å². The van der Waals surface area contributed by atoms with Crippen molar-refractivity contribution in [2.45, 2.75) is 44.6 Å². The van der Waals surface area contributed by atoms with E-state index in [2.05, 4.69) is 26.1 Å². The summed E-state index contributed by atoms with van der Waals surface area (Å²) in [5.41, 5.74) is 1.40. The summed E-state index contributed by atoms with van der Waals surface area (Å²) in [6, 6.07) is 8.71. The van der Waals surface area contributed by atoms with Crippen LogP contribution < -0.4 is 5.32 Å². The van der Waals surface area contributed by atoms with Crippen molar-refractivity contribution in [2.24, 2.45) is 10.8 Å². The third-order valence-corrected chi connectivity index (χ3v) is 9.01. The van der Waals surface area contributed by atoms with Crippen LogP contribution >= 0.6 is 0 Å².